The van der Waals surface area contributed by atoms with Crippen molar-refractivity contribution in [1.29, 1.82) is 0 Å². The van der Waals surface area contributed by atoms with Gasteiger partial charge in [-0.3, -0.25) is 9.59 Å². The van der Waals surface area contributed by atoms with Gasteiger partial charge in [-0.25, -0.2) is 0 Å². The lowest BCUT2D eigenvalue weighted by Gasteiger charge is -2.15. The number of amides is 2. The summed E-state index contributed by atoms with van der Waals surface area (Å²) in [7, 11) is 1.60. The molecule has 4 rings (SSSR count). The van der Waals surface area contributed by atoms with Crippen LogP contribution in [0.3, 0.4) is 0 Å². The average Bonchev–Trinajstić information content (AvgIpc) is 3.47. The Morgan fingerprint density at radius 1 is 1.07 bits per heavy atom. The molecule has 2 amide bonds. The minimum Gasteiger partial charge on any atom is -0.497 e. The SMILES string of the molecule is COc1ccc(-c2nnsc2C(=O)Nc2ccc(CC(=O)N3CCCC3)cc2)cc1. The Hall–Kier alpha value is -3.26. The number of benzene rings is 2. The highest BCUT2D eigenvalue weighted by molar-refractivity contribution is 7.08. The molecular weight excluding hydrogens is 400 g/mol. The average molecular weight is 423 g/mol. The van der Waals surface area contributed by atoms with Crippen LogP contribution in [0.4, 0.5) is 5.69 Å². The second kappa shape index (κ2) is 9.04. The van der Waals surface area contributed by atoms with Gasteiger partial charge in [0.1, 0.15) is 16.3 Å². The van der Waals surface area contributed by atoms with E-state index in [0.29, 0.717) is 22.7 Å². The number of likely N-dealkylation sites (tertiary alicyclic amines) is 1. The Labute approximate surface area is 178 Å². The van der Waals surface area contributed by atoms with Gasteiger partial charge in [0.05, 0.1) is 13.5 Å². The fourth-order valence-electron chi connectivity index (χ4n) is 3.42. The molecule has 30 heavy (non-hydrogen) atoms. The Bertz CT molecular complexity index is 1030. The van der Waals surface area contributed by atoms with Crippen LogP contribution in [0, 0.1) is 0 Å². The Balaban J connectivity index is 1.42. The smallest absolute Gasteiger partial charge is 0.269 e. The van der Waals surface area contributed by atoms with Gasteiger partial charge in [-0.2, -0.15) is 0 Å². The van der Waals surface area contributed by atoms with Crippen LogP contribution >= 0.6 is 11.5 Å². The predicted molar refractivity (Wildman–Crippen MR) is 116 cm³/mol. The van der Waals surface area contributed by atoms with E-state index in [-0.39, 0.29) is 11.8 Å². The molecule has 1 aromatic heterocycles. The van der Waals surface area contributed by atoms with Crippen molar-refractivity contribution in [2.24, 2.45) is 0 Å². The van der Waals surface area contributed by atoms with Gasteiger partial charge in [0.25, 0.3) is 5.91 Å². The maximum Gasteiger partial charge on any atom is 0.269 e. The van der Waals surface area contributed by atoms with Crippen molar-refractivity contribution in [2.45, 2.75) is 19.3 Å². The van der Waals surface area contributed by atoms with E-state index in [0.717, 1.165) is 54.3 Å². The molecule has 1 aliphatic rings. The molecule has 0 unspecified atom stereocenters. The van der Waals surface area contributed by atoms with Gasteiger partial charge in [-0.05, 0) is 66.3 Å². The fraction of sp³-hybridized carbons (Fsp3) is 0.273. The molecule has 3 aromatic rings. The first kappa shape index (κ1) is 20.0. The first-order valence-electron chi connectivity index (χ1n) is 9.79. The lowest BCUT2D eigenvalue weighted by Crippen LogP contribution is -2.29. The molecule has 154 valence electrons. The van der Waals surface area contributed by atoms with E-state index in [9.17, 15) is 9.59 Å². The van der Waals surface area contributed by atoms with E-state index in [1.165, 1.54) is 0 Å². The fourth-order valence-corrected chi connectivity index (χ4v) is 4.01. The lowest BCUT2D eigenvalue weighted by molar-refractivity contribution is -0.129. The summed E-state index contributed by atoms with van der Waals surface area (Å²) in [5.41, 5.74) is 2.92. The van der Waals surface area contributed by atoms with E-state index in [1.54, 1.807) is 7.11 Å². The second-order valence-electron chi connectivity index (χ2n) is 7.09. The van der Waals surface area contributed by atoms with E-state index in [2.05, 4.69) is 14.9 Å². The van der Waals surface area contributed by atoms with Crippen LogP contribution in [0.25, 0.3) is 11.3 Å². The summed E-state index contributed by atoms with van der Waals surface area (Å²) >= 11 is 1.05. The highest BCUT2D eigenvalue weighted by Gasteiger charge is 2.19. The normalized spacial score (nSPS) is 13.3. The maximum absolute atomic E-state index is 12.8. The number of aromatic nitrogens is 2. The molecule has 0 saturated carbocycles. The van der Waals surface area contributed by atoms with Gasteiger partial charge in [0, 0.05) is 24.3 Å². The summed E-state index contributed by atoms with van der Waals surface area (Å²) in [5, 5.41) is 7.00. The van der Waals surface area contributed by atoms with Crippen LogP contribution in [-0.2, 0) is 11.2 Å². The molecule has 0 atom stereocenters. The van der Waals surface area contributed by atoms with E-state index >= 15 is 0 Å². The van der Waals surface area contributed by atoms with Crippen molar-refractivity contribution in [3.63, 3.8) is 0 Å². The molecule has 1 fully saturated rings. The molecule has 0 spiro atoms. The van der Waals surface area contributed by atoms with E-state index in [1.807, 2.05) is 53.4 Å². The Morgan fingerprint density at radius 3 is 2.43 bits per heavy atom. The number of rotatable bonds is 6. The zero-order chi connectivity index (χ0) is 20.9. The van der Waals surface area contributed by atoms with Crippen LogP contribution in [0.5, 0.6) is 5.75 Å². The van der Waals surface area contributed by atoms with Gasteiger partial charge in [0.2, 0.25) is 5.91 Å². The van der Waals surface area contributed by atoms with Crippen molar-refractivity contribution >= 4 is 29.0 Å². The van der Waals surface area contributed by atoms with Gasteiger partial charge in [-0.1, -0.05) is 16.6 Å². The third-order valence-electron chi connectivity index (χ3n) is 5.08. The van der Waals surface area contributed by atoms with Crippen LogP contribution in [0.2, 0.25) is 0 Å². The van der Waals surface area contributed by atoms with Gasteiger partial charge in [0.15, 0.2) is 0 Å². The molecule has 2 heterocycles. The Morgan fingerprint density at radius 2 is 1.77 bits per heavy atom. The number of hydrogen-bond donors (Lipinski definition) is 1. The van der Waals surface area contributed by atoms with Crippen LogP contribution in [-0.4, -0.2) is 46.5 Å². The van der Waals surface area contributed by atoms with Crippen molar-refractivity contribution in [2.75, 3.05) is 25.5 Å². The van der Waals surface area contributed by atoms with Crippen molar-refractivity contribution in [3.05, 3.63) is 59.0 Å². The molecule has 0 radical (unpaired) electrons. The lowest BCUT2D eigenvalue weighted by atomic mass is 10.1. The summed E-state index contributed by atoms with van der Waals surface area (Å²) in [6.45, 7) is 1.71. The summed E-state index contributed by atoms with van der Waals surface area (Å²) in [5.74, 6) is 0.622. The van der Waals surface area contributed by atoms with E-state index < -0.39 is 0 Å². The largest absolute Gasteiger partial charge is 0.497 e. The van der Waals surface area contributed by atoms with E-state index in [4.69, 9.17) is 4.74 Å². The van der Waals surface area contributed by atoms with Gasteiger partial charge >= 0.3 is 0 Å². The molecule has 1 N–H and O–H groups in total. The zero-order valence-corrected chi connectivity index (χ0v) is 17.4. The van der Waals surface area contributed by atoms with Crippen molar-refractivity contribution in [1.82, 2.24) is 14.5 Å². The molecule has 0 aliphatic carbocycles. The molecule has 2 aromatic carbocycles. The first-order chi connectivity index (χ1) is 14.6. The molecule has 1 saturated heterocycles. The number of methoxy groups -OCH3 is 1. The van der Waals surface area contributed by atoms with Crippen LogP contribution < -0.4 is 10.1 Å². The molecular formula is C22H22N4O3S. The summed E-state index contributed by atoms with van der Waals surface area (Å²) in [6, 6.07) is 14.7. The first-order valence-corrected chi connectivity index (χ1v) is 10.6. The number of hydrogen-bond acceptors (Lipinski definition) is 6. The quantitative estimate of drug-likeness (QED) is 0.656. The van der Waals surface area contributed by atoms with Crippen LogP contribution in [0.1, 0.15) is 28.1 Å². The maximum atomic E-state index is 12.8. The number of carbonyl (C=O) groups is 2. The molecule has 0 bridgehead atoms. The molecule has 1 aliphatic heterocycles. The highest BCUT2D eigenvalue weighted by Crippen LogP contribution is 2.26. The second-order valence-corrected chi connectivity index (χ2v) is 7.85. The number of anilines is 1. The number of nitrogens with one attached hydrogen (secondary N) is 1. The number of carbonyl (C=O) groups excluding carboxylic acids is 2. The third-order valence-corrected chi connectivity index (χ3v) is 5.81. The topological polar surface area (TPSA) is 84.4 Å². The van der Waals surface area contributed by atoms with Crippen LogP contribution in [0.15, 0.2) is 48.5 Å². The monoisotopic (exact) mass is 422 g/mol. The Kier molecular flexibility index (Phi) is 6.04. The van der Waals surface area contributed by atoms with Crippen molar-refractivity contribution in [3.8, 4) is 17.0 Å². The summed E-state index contributed by atoms with van der Waals surface area (Å²) in [6.07, 6.45) is 2.55. The molecule has 8 heteroatoms. The standard InChI is InChI=1S/C22H22N4O3S/c1-29-18-10-6-16(7-11-18)20-21(30-25-24-20)22(28)23-17-8-4-15(5-9-17)14-19(27)26-12-2-3-13-26/h4-11H,2-3,12-14H2,1H3,(H,23,28). The third kappa shape index (κ3) is 4.49. The highest BCUT2D eigenvalue weighted by atomic mass is 32.1. The predicted octanol–water partition coefficient (Wildman–Crippen LogP) is 3.63. The summed E-state index contributed by atoms with van der Waals surface area (Å²) in [4.78, 5) is 27.4. The minimum absolute atomic E-state index is 0.157. The minimum atomic E-state index is -0.267. The van der Waals surface area contributed by atoms with Gasteiger partial charge in [-0.15, -0.1) is 5.10 Å². The van der Waals surface area contributed by atoms with Crippen molar-refractivity contribution < 1.29 is 14.3 Å². The zero-order valence-electron chi connectivity index (χ0n) is 16.6. The summed E-state index contributed by atoms with van der Waals surface area (Å²) < 4.78 is 9.11. The molecule has 7 nitrogen and oxygen atoms in total. The number of nitrogens with zero attached hydrogens (tertiary/aromatic N) is 3. The number of ether oxygens (including phenoxy) is 1. The van der Waals surface area contributed by atoms with Gasteiger partial charge < -0.3 is 15.0 Å².